The van der Waals surface area contributed by atoms with E-state index in [9.17, 15) is 17.6 Å². The molecular formula is C11H14ClF4NO2. The van der Waals surface area contributed by atoms with Gasteiger partial charge in [0.25, 0.3) is 0 Å². The molecule has 0 fully saturated rings. The van der Waals surface area contributed by atoms with Crippen molar-refractivity contribution in [3.8, 4) is 11.5 Å². The van der Waals surface area contributed by atoms with Gasteiger partial charge in [-0.3, -0.25) is 4.39 Å². The summed E-state index contributed by atoms with van der Waals surface area (Å²) in [6, 6.07) is 2.76. The first-order chi connectivity index (χ1) is 8.37. The molecule has 1 aromatic rings. The Bertz CT molecular complexity index is 401. The van der Waals surface area contributed by atoms with Crippen LogP contribution >= 0.6 is 12.4 Å². The zero-order valence-electron chi connectivity index (χ0n) is 10.0. The van der Waals surface area contributed by atoms with Crippen molar-refractivity contribution in [3.63, 3.8) is 0 Å². The molecule has 0 aliphatic carbocycles. The van der Waals surface area contributed by atoms with E-state index < -0.39 is 24.8 Å². The number of ether oxygens (including phenoxy) is 2. The molecule has 1 atom stereocenters. The maximum absolute atomic E-state index is 12.2. The van der Waals surface area contributed by atoms with Gasteiger partial charge in [0, 0.05) is 11.6 Å². The molecule has 110 valence electrons. The van der Waals surface area contributed by atoms with Crippen LogP contribution in [0.5, 0.6) is 11.5 Å². The molecular weight excluding hydrogens is 290 g/mol. The van der Waals surface area contributed by atoms with E-state index in [0.717, 1.165) is 12.1 Å². The summed E-state index contributed by atoms with van der Waals surface area (Å²) in [5.74, 6) is -0.113. The van der Waals surface area contributed by atoms with E-state index in [-0.39, 0.29) is 24.4 Å². The number of benzene rings is 1. The molecule has 0 radical (unpaired) electrons. The van der Waals surface area contributed by atoms with E-state index in [4.69, 9.17) is 10.5 Å². The summed E-state index contributed by atoms with van der Waals surface area (Å²) in [7, 11) is 1.35. The fourth-order valence-electron chi connectivity index (χ4n) is 1.47. The Morgan fingerprint density at radius 3 is 2.42 bits per heavy atom. The molecule has 0 heterocycles. The van der Waals surface area contributed by atoms with E-state index in [1.807, 2.05) is 0 Å². The molecule has 0 aromatic heterocycles. The summed E-state index contributed by atoms with van der Waals surface area (Å²) in [6.45, 7) is -0.672. The first-order valence-corrected chi connectivity index (χ1v) is 5.12. The second-order valence-corrected chi connectivity index (χ2v) is 3.54. The third-order valence-electron chi connectivity index (χ3n) is 2.25. The van der Waals surface area contributed by atoms with Crippen LogP contribution in [0.3, 0.4) is 0 Å². The second kappa shape index (κ2) is 7.40. The summed E-state index contributed by atoms with van der Waals surface area (Å²) in [5.41, 5.74) is 5.93. The molecule has 0 bridgehead atoms. The lowest BCUT2D eigenvalue weighted by atomic mass is 10.0. The molecule has 8 heteroatoms. The largest absolute Gasteiger partial charge is 0.573 e. The molecule has 0 saturated heterocycles. The van der Waals surface area contributed by atoms with E-state index in [0.29, 0.717) is 5.75 Å². The fraction of sp³-hybridized carbons (Fsp3) is 0.455. The van der Waals surface area contributed by atoms with Crippen molar-refractivity contribution < 1.29 is 27.0 Å². The van der Waals surface area contributed by atoms with Crippen molar-refractivity contribution in [1.82, 2.24) is 0 Å². The highest BCUT2D eigenvalue weighted by atomic mass is 35.5. The zero-order chi connectivity index (χ0) is 13.8. The van der Waals surface area contributed by atoms with Gasteiger partial charge in [0.1, 0.15) is 11.5 Å². The highest BCUT2D eigenvalue weighted by molar-refractivity contribution is 5.85. The molecule has 0 amide bonds. The number of alkyl halides is 4. The van der Waals surface area contributed by atoms with Gasteiger partial charge < -0.3 is 15.2 Å². The van der Waals surface area contributed by atoms with Crippen LogP contribution in [0.4, 0.5) is 17.6 Å². The zero-order valence-corrected chi connectivity index (χ0v) is 10.9. The minimum absolute atomic E-state index is 0. The van der Waals surface area contributed by atoms with Gasteiger partial charge in [-0.05, 0) is 24.6 Å². The Kier molecular flexibility index (Phi) is 6.93. The Labute approximate surface area is 114 Å². The van der Waals surface area contributed by atoms with Crippen LogP contribution in [-0.4, -0.2) is 20.1 Å². The smallest absolute Gasteiger partial charge is 0.496 e. The molecule has 1 aromatic carbocycles. The van der Waals surface area contributed by atoms with Crippen molar-refractivity contribution in [3.05, 3.63) is 23.8 Å². The average Bonchev–Trinajstić information content (AvgIpc) is 2.27. The average molecular weight is 304 g/mol. The van der Waals surface area contributed by atoms with Crippen molar-refractivity contribution in [1.29, 1.82) is 0 Å². The van der Waals surface area contributed by atoms with Gasteiger partial charge in [-0.25, -0.2) is 0 Å². The molecule has 0 saturated carbocycles. The number of rotatable bonds is 5. The van der Waals surface area contributed by atoms with E-state index >= 15 is 0 Å². The molecule has 0 unspecified atom stereocenters. The van der Waals surface area contributed by atoms with Crippen molar-refractivity contribution >= 4 is 12.4 Å². The van der Waals surface area contributed by atoms with Gasteiger partial charge in [0.05, 0.1) is 13.8 Å². The van der Waals surface area contributed by atoms with Crippen LogP contribution in [0.1, 0.15) is 18.0 Å². The van der Waals surface area contributed by atoms with Crippen LogP contribution in [-0.2, 0) is 0 Å². The molecule has 2 N–H and O–H groups in total. The lowest BCUT2D eigenvalue weighted by Crippen LogP contribution is -2.18. The molecule has 1 rings (SSSR count). The quantitative estimate of drug-likeness (QED) is 0.848. The van der Waals surface area contributed by atoms with Gasteiger partial charge >= 0.3 is 6.36 Å². The topological polar surface area (TPSA) is 44.5 Å². The number of hydrogen-bond acceptors (Lipinski definition) is 3. The van der Waals surface area contributed by atoms with Crippen LogP contribution < -0.4 is 15.2 Å². The summed E-state index contributed by atoms with van der Waals surface area (Å²) >= 11 is 0. The van der Waals surface area contributed by atoms with Crippen LogP contribution in [0.15, 0.2) is 18.2 Å². The summed E-state index contributed by atoms with van der Waals surface area (Å²) in [4.78, 5) is 0. The third-order valence-corrected chi connectivity index (χ3v) is 2.25. The minimum atomic E-state index is -4.78. The predicted octanol–water partition coefficient (Wildman–Crippen LogP) is 3.38. The standard InChI is InChI=1S/C11H13F4NO2.ClH/c1-17-10-3-2-7(18-11(13,14)15)6-8(10)9(16)4-5-12;/h2-3,6,9H,4-5,16H2,1H3;1H/t9-;/m0./s1. The lowest BCUT2D eigenvalue weighted by molar-refractivity contribution is -0.274. The Balaban J connectivity index is 0.00000324. The number of methoxy groups -OCH3 is 1. The molecule has 0 aliphatic heterocycles. The van der Waals surface area contributed by atoms with Gasteiger partial charge in [-0.2, -0.15) is 0 Å². The van der Waals surface area contributed by atoms with Gasteiger partial charge in [0.15, 0.2) is 0 Å². The molecule has 3 nitrogen and oxygen atoms in total. The summed E-state index contributed by atoms with van der Waals surface area (Å²) < 4.78 is 57.1. The first kappa shape index (κ1) is 17.8. The molecule has 0 spiro atoms. The lowest BCUT2D eigenvalue weighted by Gasteiger charge is -2.16. The Morgan fingerprint density at radius 2 is 1.95 bits per heavy atom. The highest BCUT2D eigenvalue weighted by Gasteiger charge is 2.31. The van der Waals surface area contributed by atoms with Gasteiger partial charge in [-0.15, -0.1) is 25.6 Å². The Hall–Kier alpha value is -1.21. The van der Waals surface area contributed by atoms with Crippen molar-refractivity contribution in [2.24, 2.45) is 5.73 Å². The number of halogens is 5. The number of nitrogens with two attached hydrogens (primary N) is 1. The van der Waals surface area contributed by atoms with E-state index in [1.165, 1.54) is 13.2 Å². The predicted molar refractivity (Wildman–Crippen MR) is 64.4 cm³/mol. The first-order valence-electron chi connectivity index (χ1n) is 5.12. The summed E-state index contributed by atoms with van der Waals surface area (Å²) in [6.07, 6.45) is -4.79. The molecule has 19 heavy (non-hydrogen) atoms. The highest BCUT2D eigenvalue weighted by Crippen LogP contribution is 2.32. The van der Waals surface area contributed by atoms with Crippen LogP contribution in [0.2, 0.25) is 0 Å². The van der Waals surface area contributed by atoms with E-state index in [2.05, 4.69) is 4.74 Å². The maximum atomic E-state index is 12.2. The minimum Gasteiger partial charge on any atom is -0.496 e. The van der Waals surface area contributed by atoms with Gasteiger partial charge in [0.2, 0.25) is 0 Å². The molecule has 0 aliphatic rings. The van der Waals surface area contributed by atoms with Gasteiger partial charge in [-0.1, -0.05) is 0 Å². The summed E-state index contributed by atoms with van der Waals surface area (Å²) in [5, 5.41) is 0. The van der Waals surface area contributed by atoms with E-state index in [1.54, 1.807) is 0 Å². The van der Waals surface area contributed by atoms with Crippen LogP contribution in [0.25, 0.3) is 0 Å². The fourth-order valence-corrected chi connectivity index (χ4v) is 1.47. The second-order valence-electron chi connectivity index (χ2n) is 3.54. The normalized spacial score (nSPS) is 12.5. The van der Waals surface area contributed by atoms with Crippen LogP contribution in [0, 0.1) is 0 Å². The number of hydrogen-bond donors (Lipinski definition) is 1. The van der Waals surface area contributed by atoms with Crippen molar-refractivity contribution in [2.45, 2.75) is 18.8 Å². The SMILES string of the molecule is COc1ccc(OC(F)(F)F)cc1[C@@H](N)CCF.Cl. The van der Waals surface area contributed by atoms with Crippen molar-refractivity contribution in [2.75, 3.05) is 13.8 Å². The Morgan fingerprint density at radius 1 is 1.32 bits per heavy atom. The monoisotopic (exact) mass is 303 g/mol. The maximum Gasteiger partial charge on any atom is 0.573 e. The third kappa shape index (κ3) is 5.52.